The smallest absolute Gasteiger partial charge is 0.303 e. The lowest BCUT2D eigenvalue weighted by molar-refractivity contribution is -0.137. The van der Waals surface area contributed by atoms with E-state index in [1.54, 1.807) is 12.1 Å². The summed E-state index contributed by atoms with van der Waals surface area (Å²) in [6.07, 6.45) is 3.62. The molecule has 6 heteroatoms. The van der Waals surface area contributed by atoms with Crippen molar-refractivity contribution >= 4 is 16.0 Å². The van der Waals surface area contributed by atoms with Crippen molar-refractivity contribution in [2.75, 3.05) is 6.54 Å². The van der Waals surface area contributed by atoms with Gasteiger partial charge in [-0.05, 0) is 47.4 Å². The molecule has 2 aromatic carbocycles. The van der Waals surface area contributed by atoms with Gasteiger partial charge in [0.2, 0.25) is 10.0 Å². The summed E-state index contributed by atoms with van der Waals surface area (Å²) in [7, 11) is -3.59. The Morgan fingerprint density at radius 3 is 2.20 bits per heavy atom. The Hall–Kier alpha value is -2.18. The van der Waals surface area contributed by atoms with Gasteiger partial charge in [-0.15, -0.1) is 0 Å². The van der Waals surface area contributed by atoms with Gasteiger partial charge in [-0.25, -0.2) is 13.1 Å². The number of unbranched alkanes of at least 4 members (excludes halogenated alkanes) is 3. The molecule has 0 aliphatic carbocycles. The third kappa shape index (κ3) is 7.58. The summed E-state index contributed by atoms with van der Waals surface area (Å²) in [4.78, 5) is 10.8. The Bertz CT molecular complexity index is 928. The number of rotatable bonds is 11. The molecule has 164 valence electrons. The Kier molecular flexibility index (Phi) is 8.62. The first-order valence-corrected chi connectivity index (χ1v) is 12.0. The maximum atomic E-state index is 12.8. The van der Waals surface area contributed by atoms with Crippen molar-refractivity contribution in [3.63, 3.8) is 0 Å². The highest BCUT2D eigenvalue weighted by Crippen LogP contribution is 2.24. The highest BCUT2D eigenvalue weighted by atomic mass is 32.2. The van der Waals surface area contributed by atoms with Gasteiger partial charge in [-0.3, -0.25) is 4.79 Å². The van der Waals surface area contributed by atoms with E-state index in [4.69, 9.17) is 5.11 Å². The summed E-state index contributed by atoms with van der Waals surface area (Å²) in [5.41, 5.74) is 3.17. The molecular formula is C24H33NO4S. The van der Waals surface area contributed by atoms with E-state index < -0.39 is 16.0 Å². The van der Waals surface area contributed by atoms with E-state index in [2.05, 4.69) is 49.8 Å². The third-order valence-electron chi connectivity index (χ3n) is 5.09. The molecular weight excluding hydrogens is 398 g/mol. The van der Waals surface area contributed by atoms with Crippen molar-refractivity contribution < 1.29 is 18.3 Å². The van der Waals surface area contributed by atoms with E-state index in [0.29, 0.717) is 30.7 Å². The molecule has 30 heavy (non-hydrogen) atoms. The van der Waals surface area contributed by atoms with Crippen molar-refractivity contribution in [2.45, 2.75) is 69.6 Å². The number of carbonyl (C=O) groups is 1. The predicted molar refractivity (Wildman–Crippen MR) is 120 cm³/mol. The maximum Gasteiger partial charge on any atom is 0.303 e. The second-order valence-electron chi connectivity index (χ2n) is 8.69. The number of aliphatic carboxylic acids is 1. The summed E-state index contributed by atoms with van der Waals surface area (Å²) in [5, 5.41) is 8.64. The molecule has 0 saturated heterocycles. The molecule has 0 spiro atoms. The average molecular weight is 432 g/mol. The summed E-state index contributed by atoms with van der Waals surface area (Å²) < 4.78 is 28.3. The Morgan fingerprint density at radius 1 is 0.933 bits per heavy atom. The quantitative estimate of drug-likeness (QED) is 0.496. The lowest BCUT2D eigenvalue weighted by atomic mass is 9.86. The first-order valence-electron chi connectivity index (χ1n) is 10.5. The minimum Gasteiger partial charge on any atom is -0.481 e. The summed E-state index contributed by atoms with van der Waals surface area (Å²) in [5.74, 6) is -0.791. The summed E-state index contributed by atoms with van der Waals surface area (Å²) >= 11 is 0. The largest absolute Gasteiger partial charge is 0.481 e. The Morgan fingerprint density at radius 2 is 1.57 bits per heavy atom. The van der Waals surface area contributed by atoms with Crippen LogP contribution in [0, 0.1) is 0 Å². The number of benzene rings is 2. The van der Waals surface area contributed by atoms with E-state index in [-0.39, 0.29) is 11.8 Å². The first-order chi connectivity index (χ1) is 14.1. The highest BCUT2D eigenvalue weighted by Gasteiger charge is 2.18. The maximum absolute atomic E-state index is 12.8. The second-order valence-corrected chi connectivity index (χ2v) is 10.4. The van der Waals surface area contributed by atoms with E-state index >= 15 is 0 Å². The molecule has 0 bridgehead atoms. The molecule has 5 nitrogen and oxygen atoms in total. The zero-order valence-electron chi connectivity index (χ0n) is 18.1. The molecule has 0 atom stereocenters. The highest BCUT2D eigenvalue weighted by molar-refractivity contribution is 7.89. The number of nitrogens with one attached hydrogen (secondary N) is 1. The van der Waals surface area contributed by atoms with Crippen LogP contribution in [0.4, 0.5) is 0 Å². The third-order valence-corrected chi connectivity index (χ3v) is 6.65. The van der Waals surface area contributed by atoms with Gasteiger partial charge in [-0.1, -0.05) is 76.1 Å². The zero-order valence-corrected chi connectivity index (χ0v) is 19.0. The molecule has 0 fully saturated rings. The fourth-order valence-corrected chi connectivity index (χ4v) is 4.61. The topological polar surface area (TPSA) is 83.5 Å². The summed E-state index contributed by atoms with van der Waals surface area (Å²) in [6.45, 7) is 6.86. The van der Waals surface area contributed by atoms with Crippen LogP contribution in [0.2, 0.25) is 0 Å². The van der Waals surface area contributed by atoms with Crippen molar-refractivity contribution in [3.8, 4) is 0 Å². The van der Waals surface area contributed by atoms with E-state index in [1.165, 1.54) is 5.56 Å². The molecule has 0 unspecified atom stereocenters. The molecule has 0 aliphatic rings. The molecule has 0 heterocycles. The number of hydrogen-bond acceptors (Lipinski definition) is 3. The van der Waals surface area contributed by atoms with Gasteiger partial charge >= 0.3 is 5.97 Å². The Balaban J connectivity index is 1.98. The number of carboxylic acid groups (broad SMARTS) is 1. The fraction of sp³-hybridized carbons (Fsp3) is 0.458. The molecule has 2 N–H and O–H groups in total. The monoisotopic (exact) mass is 431 g/mol. The number of hydrogen-bond donors (Lipinski definition) is 2. The fourth-order valence-electron chi connectivity index (χ4n) is 3.29. The molecule has 0 aliphatic heterocycles. The minimum absolute atomic E-state index is 0.0807. The predicted octanol–water partition coefficient (Wildman–Crippen LogP) is 4.89. The SMILES string of the molecule is CC(C)(C)c1ccc(Cc2ccccc2S(=O)(=O)NCCCCCCC(=O)O)cc1. The van der Waals surface area contributed by atoms with E-state index in [9.17, 15) is 13.2 Å². The van der Waals surface area contributed by atoms with Crippen LogP contribution in [-0.2, 0) is 26.7 Å². The van der Waals surface area contributed by atoms with Crippen LogP contribution in [0.1, 0.15) is 69.6 Å². The van der Waals surface area contributed by atoms with Gasteiger partial charge in [0.25, 0.3) is 0 Å². The molecule has 0 radical (unpaired) electrons. The van der Waals surface area contributed by atoms with Gasteiger partial charge in [0.15, 0.2) is 0 Å². The zero-order chi connectivity index (χ0) is 22.2. The first kappa shape index (κ1) is 24.1. The van der Waals surface area contributed by atoms with Crippen molar-refractivity contribution in [2.24, 2.45) is 0 Å². The molecule has 0 aromatic heterocycles. The van der Waals surface area contributed by atoms with E-state index in [0.717, 1.165) is 24.0 Å². The van der Waals surface area contributed by atoms with Crippen LogP contribution in [0.15, 0.2) is 53.4 Å². The number of carboxylic acids is 1. The van der Waals surface area contributed by atoms with E-state index in [1.807, 2.05) is 12.1 Å². The summed E-state index contributed by atoms with van der Waals surface area (Å²) in [6, 6.07) is 15.5. The molecule has 0 saturated carbocycles. The second kappa shape index (κ2) is 10.7. The standard InChI is InChI=1S/C24H33NO4S/c1-24(2,3)21-15-13-19(14-16-21)18-20-10-7-8-11-22(20)30(28,29)25-17-9-5-4-6-12-23(26)27/h7-8,10-11,13-16,25H,4-6,9,12,17-18H2,1-3H3,(H,26,27). The van der Waals surface area contributed by atoms with Crippen LogP contribution in [-0.4, -0.2) is 26.0 Å². The lowest BCUT2D eigenvalue weighted by Gasteiger charge is -2.19. The van der Waals surface area contributed by atoms with Gasteiger partial charge < -0.3 is 5.11 Å². The molecule has 2 rings (SSSR count). The van der Waals surface area contributed by atoms with Crippen LogP contribution < -0.4 is 4.72 Å². The van der Waals surface area contributed by atoms with Crippen molar-refractivity contribution in [1.29, 1.82) is 0 Å². The number of sulfonamides is 1. The minimum atomic E-state index is -3.59. The van der Waals surface area contributed by atoms with Crippen LogP contribution >= 0.6 is 0 Å². The van der Waals surface area contributed by atoms with Gasteiger partial charge in [0.05, 0.1) is 4.90 Å². The van der Waals surface area contributed by atoms with Crippen LogP contribution in [0.3, 0.4) is 0 Å². The molecule has 0 amide bonds. The Labute approximate surface area is 180 Å². The average Bonchev–Trinajstić information content (AvgIpc) is 2.67. The normalized spacial score (nSPS) is 12.1. The lowest BCUT2D eigenvalue weighted by Crippen LogP contribution is -2.25. The van der Waals surface area contributed by atoms with Crippen LogP contribution in [0.5, 0.6) is 0 Å². The van der Waals surface area contributed by atoms with Crippen molar-refractivity contribution in [1.82, 2.24) is 4.72 Å². The molecule has 2 aromatic rings. The van der Waals surface area contributed by atoms with Gasteiger partial charge in [0, 0.05) is 13.0 Å². The van der Waals surface area contributed by atoms with Crippen molar-refractivity contribution in [3.05, 3.63) is 65.2 Å². The van der Waals surface area contributed by atoms with Gasteiger partial charge in [-0.2, -0.15) is 0 Å². The van der Waals surface area contributed by atoms with Gasteiger partial charge in [0.1, 0.15) is 0 Å². The van der Waals surface area contributed by atoms with Crippen LogP contribution in [0.25, 0.3) is 0 Å².